The van der Waals surface area contributed by atoms with E-state index in [1.807, 2.05) is 6.07 Å². The molecule has 20 heavy (non-hydrogen) atoms. The summed E-state index contributed by atoms with van der Waals surface area (Å²) >= 11 is 0. The molecule has 1 aromatic carbocycles. The Morgan fingerprint density at radius 1 is 1.40 bits per heavy atom. The fourth-order valence-corrected chi connectivity index (χ4v) is 3.09. The van der Waals surface area contributed by atoms with E-state index in [2.05, 4.69) is 31.0 Å². The number of aliphatic hydroxyl groups is 1. The first-order chi connectivity index (χ1) is 9.47. The molecule has 0 bridgehead atoms. The zero-order chi connectivity index (χ0) is 14.4. The number of aromatic nitrogens is 1. The maximum atomic E-state index is 11.1. The summed E-state index contributed by atoms with van der Waals surface area (Å²) in [6.07, 6.45) is 0.0604. The van der Waals surface area contributed by atoms with Crippen LogP contribution in [0.5, 0.6) is 0 Å². The maximum Gasteiger partial charge on any atom is 0.306 e. The SMILES string of the molecule is CC(C)c1ccc2[nH]c3c(c2c1)C(O)CC(C(=O)O)C3. The van der Waals surface area contributed by atoms with Crippen molar-refractivity contribution >= 4 is 16.9 Å². The van der Waals surface area contributed by atoms with Crippen LogP contribution in [0.1, 0.15) is 49.1 Å². The number of hydrogen-bond donors (Lipinski definition) is 3. The van der Waals surface area contributed by atoms with Crippen molar-refractivity contribution in [2.24, 2.45) is 5.92 Å². The number of benzene rings is 1. The number of rotatable bonds is 2. The number of carbonyl (C=O) groups is 1. The molecule has 0 aliphatic heterocycles. The lowest BCUT2D eigenvalue weighted by Crippen LogP contribution is -2.24. The predicted octanol–water partition coefficient (Wildman–Crippen LogP) is 2.97. The van der Waals surface area contributed by atoms with Crippen molar-refractivity contribution in [3.05, 3.63) is 35.0 Å². The molecule has 0 saturated heterocycles. The Kier molecular flexibility index (Phi) is 3.05. The standard InChI is InChI=1S/C16H19NO3/c1-8(2)9-3-4-12-11(5-9)15-13(17-12)6-10(16(19)20)7-14(15)18/h3-5,8,10,14,17-18H,6-7H2,1-2H3,(H,19,20). The monoisotopic (exact) mass is 273 g/mol. The Labute approximate surface area is 117 Å². The van der Waals surface area contributed by atoms with Crippen molar-refractivity contribution in [1.29, 1.82) is 0 Å². The third-order valence-corrected chi connectivity index (χ3v) is 4.25. The summed E-state index contributed by atoms with van der Waals surface area (Å²) in [6.45, 7) is 4.27. The number of aromatic amines is 1. The summed E-state index contributed by atoms with van der Waals surface area (Å²) in [5.41, 5.74) is 3.96. The minimum absolute atomic E-state index is 0.293. The van der Waals surface area contributed by atoms with Crippen molar-refractivity contribution in [2.75, 3.05) is 0 Å². The van der Waals surface area contributed by atoms with Gasteiger partial charge < -0.3 is 15.2 Å². The van der Waals surface area contributed by atoms with Crippen molar-refractivity contribution in [3.8, 4) is 0 Å². The first-order valence-corrected chi connectivity index (χ1v) is 7.02. The fraction of sp³-hybridized carbons (Fsp3) is 0.438. The van der Waals surface area contributed by atoms with Gasteiger partial charge in [-0.05, 0) is 30.0 Å². The van der Waals surface area contributed by atoms with Gasteiger partial charge in [-0.1, -0.05) is 19.9 Å². The molecule has 0 fully saturated rings. The quantitative estimate of drug-likeness (QED) is 0.787. The van der Waals surface area contributed by atoms with Crippen LogP contribution < -0.4 is 0 Å². The van der Waals surface area contributed by atoms with Gasteiger partial charge in [0.25, 0.3) is 0 Å². The smallest absolute Gasteiger partial charge is 0.306 e. The summed E-state index contributed by atoms with van der Waals surface area (Å²) in [7, 11) is 0. The molecule has 3 N–H and O–H groups in total. The van der Waals surface area contributed by atoms with Gasteiger partial charge in [-0.3, -0.25) is 4.79 Å². The van der Waals surface area contributed by atoms with Crippen LogP contribution in [0.25, 0.3) is 10.9 Å². The number of carboxylic acid groups (broad SMARTS) is 1. The number of hydrogen-bond acceptors (Lipinski definition) is 2. The second-order valence-corrected chi connectivity index (χ2v) is 5.97. The van der Waals surface area contributed by atoms with Gasteiger partial charge in [0.2, 0.25) is 0 Å². The molecule has 4 heteroatoms. The van der Waals surface area contributed by atoms with E-state index in [0.717, 1.165) is 22.2 Å². The zero-order valence-electron chi connectivity index (χ0n) is 11.7. The van der Waals surface area contributed by atoms with Crippen LogP contribution in [0.3, 0.4) is 0 Å². The summed E-state index contributed by atoms with van der Waals surface area (Å²) in [6, 6.07) is 6.21. The van der Waals surface area contributed by atoms with E-state index >= 15 is 0 Å². The third-order valence-electron chi connectivity index (χ3n) is 4.25. The van der Waals surface area contributed by atoms with Gasteiger partial charge in [0.05, 0.1) is 12.0 Å². The molecule has 2 aromatic rings. The van der Waals surface area contributed by atoms with Gasteiger partial charge in [0.15, 0.2) is 0 Å². The summed E-state index contributed by atoms with van der Waals surface area (Å²) in [4.78, 5) is 14.4. The van der Waals surface area contributed by atoms with E-state index in [1.165, 1.54) is 5.56 Å². The Morgan fingerprint density at radius 3 is 2.80 bits per heavy atom. The molecule has 4 nitrogen and oxygen atoms in total. The van der Waals surface area contributed by atoms with E-state index in [0.29, 0.717) is 18.8 Å². The topological polar surface area (TPSA) is 73.3 Å². The molecular formula is C16H19NO3. The first-order valence-electron chi connectivity index (χ1n) is 7.02. The normalized spacial score (nSPS) is 22.2. The van der Waals surface area contributed by atoms with Gasteiger partial charge >= 0.3 is 5.97 Å². The lowest BCUT2D eigenvalue weighted by Gasteiger charge is -2.23. The third kappa shape index (κ3) is 2.00. The largest absolute Gasteiger partial charge is 0.481 e. The van der Waals surface area contributed by atoms with Crippen LogP contribution in [0.4, 0.5) is 0 Å². The number of aliphatic hydroxyl groups excluding tert-OH is 1. The Balaban J connectivity index is 2.13. The lowest BCUT2D eigenvalue weighted by atomic mass is 9.84. The van der Waals surface area contributed by atoms with E-state index in [9.17, 15) is 9.90 Å². The molecule has 1 aliphatic rings. The van der Waals surface area contributed by atoms with Crippen molar-refractivity contribution in [3.63, 3.8) is 0 Å². The second-order valence-electron chi connectivity index (χ2n) is 5.97. The highest BCUT2D eigenvalue weighted by Crippen LogP contribution is 2.38. The number of H-pyrrole nitrogens is 1. The molecule has 1 heterocycles. The predicted molar refractivity (Wildman–Crippen MR) is 76.8 cm³/mol. The highest BCUT2D eigenvalue weighted by atomic mass is 16.4. The molecule has 1 aliphatic carbocycles. The minimum Gasteiger partial charge on any atom is -0.481 e. The van der Waals surface area contributed by atoms with Crippen LogP contribution in [0.15, 0.2) is 18.2 Å². The molecule has 0 spiro atoms. The van der Waals surface area contributed by atoms with E-state index < -0.39 is 18.0 Å². The van der Waals surface area contributed by atoms with Crippen LogP contribution in [0, 0.1) is 5.92 Å². The highest BCUT2D eigenvalue weighted by Gasteiger charge is 2.32. The molecule has 2 atom stereocenters. The highest BCUT2D eigenvalue weighted by molar-refractivity contribution is 5.86. The maximum absolute atomic E-state index is 11.1. The summed E-state index contributed by atoms with van der Waals surface area (Å²) in [5.74, 6) is -0.913. The van der Waals surface area contributed by atoms with Gasteiger partial charge in [-0.25, -0.2) is 0 Å². The first kappa shape index (κ1) is 13.2. The molecule has 1 aromatic heterocycles. The number of nitrogens with one attached hydrogen (secondary N) is 1. The number of carboxylic acids is 1. The molecule has 106 valence electrons. The minimum atomic E-state index is -0.837. The molecule has 0 saturated carbocycles. The average molecular weight is 273 g/mol. The molecule has 0 amide bonds. The van der Waals surface area contributed by atoms with Gasteiger partial charge in [-0.15, -0.1) is 0 Å². The van der Waals surface area contributed by atoms with E-state index in [4.69, 9.17) is 5.11 Å². The van der Waals surface area contributed by atoms with Crippen molar-refractivity contribution in [2.45, 2.75) is 38.7 Å². The zero-order valence-corrected chi connectivity index (χ0v) is 11.7. The van der Waals surface area contributed by atoms with Crippen molar-refractivity contribution in [1.82, 2.24) is 4.98 Å². The van der Waals surface area contributed by atoms with Gasteiger partial charge in [-0.2, -0.15) is 0 Å². The Bertz CT molecular complexity index is 672. The molecule has 2 unspecified atom stereocenters. The van der Waals surface area contributed by atoms with Crippen LogP contribution >= 0.6 is 0 Å². The Hall–Kier alpha value is -1.81. The average Bonchev–Trinajstić information content (AvgIpc) is 2.75. The summed E-state index contributed by atoms with van der Waals surface area (Å²) < 4.78 is 0. The van der Waals surface area contributed by atoms with Crippen LogP contribution in [-0.2, 0) is 11.2 Å². The lowest BCUT2D eigenvalue weighted by molar-refractivity contribution is -0.143. The van der Waals surface area contributed by atoms with Gasteiger partial charge in [0.1, 0.15) is 0 Å². The molecule has 0 radical (unpaired) electrons. The summed E-state index contributed by atoms with van der Waals surface area (Å²) in [5, 5.41) is 20.5. The number of fused-ring (bicyclic) bond motifs is 3. The van der Waals surface area contributed by atoms with Crippen LogP contribution in [-0.4, -0.2) is 21.2 Å². The molecular weight excluding hydrogens is 254 g/mol. The van der Waals surface area contributed by atoms with E-state index in [-0.39, 0.29) is 0 Å². The Morgan fingerprint density at radius 2 is 2.15 bits per heavy atom. The fourth-order valence-electron chi connectivity index (χ4n) is 3.09. The molecule has 3 rings (SSSR count). The van der Waals surface area contributed by atoms with Gasteiger partial charge in [0, 0.05) is 28.6 Å². The second kappa shape index (κ2) is 4.63. The van der Waals surface area contributed by atoms with Crippen molar-refractivity contribution < 1.29 is 15.0 Å². The van der Waals surface area contributed by atoms with E-state index in [1.54, 1.807) is 0 Å². The van der Waals surface area contributed by atoms with Crippen LogP contribution in [0.2, 0.25) is 0 Å². The number of aliphatic carboxylic acids is 1.